The van der Waals surface area contributed by atoms with Gasteiger partial charge in [0.15, 0.2) is 0 Å². The van der Waals surface area contributed by atoms with E-state index in [9.17, 15) is 9.18 Å². The Hall–Kier alpha value is -2.56. The summed E-state index contributed by atoms with van der Waals surface area (Å²) in [6, 6.07) is 11.7. The second-order valence-corrected chi connectivity index (χ2v) is 4.49. The maximum Gasteiger partial charge on any atom is 0.326 e. The number of ether oxygens (including phenoxy) is 1. The number of fused-ring (bicyclic) bond motifs is 1. The monoisotopic (exact) mass is 272 g/mol. The van der Waals surface area contributed by atoms with Crippen LogP contribution in [-0.4, -0.2) is 16.7 Å². The van der Waals surface area contributed by atoms with Crippen LogP contribution in [-0.2, 0) is 6.54 Å². The molecule has 0 atom stereocenters. The molecule has 0 fully saturated rings. The van der Waals surface area contributed by atoms with Gasteiger partial charge in [-0.25, -0.2) is 9.18 Å². The average molecular weight is 272 g/mol. The third kappa shape index (κ3) is 2.07. The molecule has 0 amide bonds. The van der Waals surface area contributed by atoms with Crippen molar-refractivity contribution in [3.63, 3.8) is 0 Å². The maximum absolute atomic E-state index is 13.4. The van der Waals surface area contributed by atoms with Crippen LogP contribution in [0.25, 0.3) is 11.0 Å². The van der Waals surface area contributed by atoms with Crippen LogP contribution >= 0.6 is 0 Å². The van der Waals surface area contributed by atoms with Crippen LogP contribution < -0.4 is 10.4 Å². The molecule has 0 aliphatic carbocycles. The lowest BCUT2D eigenvalue weighted by molar-refractivity contribution is 0.408. The van der Waals surface area contributed by atoms with E-state index in [0.29, 0.717) is 23.3 Å². The molecular weight excluding hydrogens is 259 g/mol. The van der Waals surface area contributed by atoms with E-state index in [1.165, 1.54) is 16.7 Å². The summed E-state index contributed by atoms with van der Waals surface area (Å²) in [5.74, 6) is 0.329. The van der Waals surface area contributed by atoms with Gasteiger partial charge in [-0.3, -0.25) is 4.57 Å². The number of rotatable bonds is 3. The molecule has 0 unspecified atom stereocenters. The van der Waals surface area contributed by atoms with Gasteiger partial charge in [-0.15, -0.1) is 0 Å². The summed E-state index contributed by atoms with van der Waals surface area (Å²) in [6.07, 6.45) is 0. The molecule has 0 radical (unpaired) electrons. The number of para-hydroxylation sites is 1. The third-order valence-corrected chi connectivity index (χ3v) is 3.26. The minimum atomic E-state index is -0.370. The Morgan fingerprint density at radius 1 is 1.25 bits per heavy atom. The van der Waals surface area contributed by atoms with Gasteiger partial charge >= 0.3 is 5.69 Å². The van der Waals surface area contributed by atoms with Crippen LogP contribution in [0.3, 0.4) is 0 Å². The predicted octanol–water partition coefficient (Wildman–Crippen LogP) is 2.53. The lowest BCUT2D eigenvalue weighted by Crippen LogP contribution is -2.17. The topological polar surface area (TPSA) is 47.0 Å². The first kappa shape index (κ1) is 12.5. The van der Waals surface area contributed by atoms with E-state index in [1.54, 1.807) is 13.2 Å². The van der Waals surface area contributed by atoms with E-state index in [4.69, 9.17) is 4.74 Å². The van der Waals surface area contributed by atoms with Crippen molar-refractivity contribution < 1.29 is 9.13 Å². The Balaban J connectivity index is 2.13. The highest BCUT2D eigenvalue weighted by Crippen LogP contribution is 2.20. The minimum Gasteiger partial charge on any atom is -0.496 e. The van der Waals surface area contributed by atoms with Crippen LogP contribution in [0.15, 0.2) is 47.3 Å². The fourth-order valence-corrected chi connectivity index (χ4v) is 2.29. The van der Waals surface area contributed by atoms with Crippen LogP contribution in [0.2, 0.25) is 0 Å². The van der Waals surface area contributed by atoms with Crippen molar-refractivity contribution in [1.82, 2.24) is 9.55 Å². The van der Waals surface area contributed by atoms with Crippen LogP contribution in [0.5, 0.6) is 5.75 Å². The largest absolute Gasteiger partial charge is 0.496 e. The Morgan fingerprint density at radius 2 is 2.05 bits per heavy atom. The van der Waals surface area contributed by atoms with Gasteiger partial charge in [0, 0.05) is 5.56 Å². The van der Waals surface area contributed by atoms with Gasteiger partial charge in [0.1, 0.15) is 11.6 Å². The molecule has 3 rings (SSSR count). The summed E-state index contributed by atoms with van der Waals surface area (Å²) in [7, 11) is 1.58. The Morgan fingerprint density at radius 3 is 2.85 bits per heavy atom. The lowest BCUT2D eigenvalue weighted by atomic mass is 10.2. The quantitative estimate of drug-likeness (QED) is 0.796. The zero-order chi connectivity index (χ0) is 14.1. The van der Waals surface area contributed by atoms with Gasteiger partial charge < -0.3 is 9.72 Å². The third-order valence-electron chi connectivity index (χ3n) is 3.26. The lowest BCUT2D eigenvalue weighted by Gasteiger charge is -2.09. The number of aromatic amines is 1. The fraction of sp³-hybridized carbons (Fsp3) is 0.133. The molecule has 0 aliphatic heterocycles. The number of benzene rings is 2. The Kier molecular flexibility index (Phi) is 3.02. The van der Waals surface area contributed by atoms with Crippen molar-refractivity contribution in [2.75, 3.05) is 7.11 Å². The molecule has 5 heteroatoms. The SMILES string of the molecule is COc1ccccc1Cn1c(=O)[nH]c2ccc(F)cc21. The first-order valence-electron chi connectivity index (χ1n) is 6.19. The smallest absolute Gasteiger partial charge is 0.326 e. The highest BCUT2D eigenvalue weighted by atomic mass is 19.1. The van der Waals surface area contributed by atoms with Crippen molar-refractivity contribution in [2.45, 2.75) is 6.54 Å². The first-order chi connectivity index (χ1) is 9.69. The van der Waals surface area contributed by atoms with E-state index in [2.05, 4.69) is 4.98 Å². The van der Waals surface area contributed by atoms with Crippen LogP contribution in [0.1, 0.15) is 5.56 Å². The van der Waals surface area contributed by atoms with E-state index in [-0.39, 0.29) is 11.5 Å². The number of nitrogens with one attached hydrogen (secondary N) is 1. The van der Waals surface area contributed by atoms with Crippen LogP contribution in [0.4, 0.5) is 4.39 Å². The number of hydrogen-bond acceptors (Lipinski definition) is 2. The number of halogens is 1. The zero-order valence-electron chi connectivity index (χ0n) is 10.9. The summed E-state index contributed by atoms with van der Waals surface area (Å²) >= 11 is 0. The van der Waals surface area contributed by atoms with Crippen molar-refractivity contribution >= 4 is 11.0 Å². The summed E-state index contributed by atoms with van der Waals surface area (Å²) in [5.41, 5.74) is 1.76. The number of imidazole rings is 1. The molecule has 0 aliphatic rings. The summed E-state index contributed by atoms with van der Waals surface area (Å²) in [6.45, 7) is 0.326. The predicted molar refractivity (Wildman–Crippen MR) is 74.6 cm³/mol. The highest BCUT2D eigenvalue weighted by molar-refractivity contribution is 5.75. The van der Waals surface area contributed by atoms with Gasteiger partial charge in [-0.1, -0.05) is 18.2 Å². The fourth-order valence-electron chi connectivity index (χ4n) is 2.29. The number of H-pyrrole nitrogens is 1. The normalized spacial score (nSPS) is 10.9. The van der Waals surface area contributed by atoms with E-state index >= 15 is 0 Å². The van der Waals surface area contributed by atoms with Crippen molar-refractivity contribution in [3.8, 4) is 5.75 Å². The molecule has 3 aromatic rings. The second kappa shape index (κ2) is 4.85. The summed E-state index contributed by atoms with van der Waals surface area (Å²) < 4.78 is 20.1. The van der Waals surface area contributed by atoms with E-state index < -0.39 is 0 Å². The van der Waals surface area contributed by atoms with Gasteiger partial charge in [0.05, 0.1) is 24.7 Å². The number of nitrogens with zero attached hydrogens (tertiary/aromatic N) is 1. The Labute approximate surface area is 114 Å². The molecule has 20 heavy (non-hydrogen) atoms. The molecule has 102 valence electrons. The van der Waals surface area contributed by atoms with Crippen molar-refractivity contribution in [3.05, 3.63) is 64.3 Å². The number of aromatic nitrogens is 2. The molecule has 1 N–H and O–H groups in total. The van der Waals surface area contributed by atoms with Gasteiger partial charge in [-0.2, -0.15) is 0 Å². The van der Waals surface area contributed by atoms with Crippen LogP contribution in [0, 0.1) is 5.82 Å². The molecule has 2 aromatic carbocycles. The molecule has 1 heterocycles. The molecule has 0 saturated heterocycles. The molecular formula is C15H13FN2O2. The first-order valence-corrected chi connectivity index (χ1v) is 6.19. The minimum absolute atomic E-state index is 0.267. The molecule has 0 saturated carbocycles. The molecule has 0 bridgehead atoms. The molecule has 4 nitrogen and oxygen atoms in total. The van der Waals surface area contributed by atoms with E-state index in [1.807, 2.05) is 24.3 Å². The highest BCUT2D eigenvalue weighted by Gasteiger charge is 2.10. The Bertz CT molecular complexity index is 820. The maximum atomic E-state index is 13.4. The van der Waals surface area contributed by atoms with Gasteiger partial charge in [0.2, 0.25) is 0 Å². The van der Waals surface area contributed by atoms with Gasteiger partial charge in [-0.05, 0) is 24.3 Å². The zero-order valence-corrected chi connectivity index (χ0v) is 10.9. The number of methoxy groups -OCH3 is 1. The molecule has 1 aromatic heterocycles. The standard InChI is InChI=1S/C15H13FN2O2/c1-20-14-5-3-2-4-10(14)9-18-13-8-11(16)6-7-12(13)17-15(18)19/h2-8H,9H2,1H3,(H,17,19). The summed E-state index contributed by atoms with van der Waals surface area (Å²) in [5, 5.41) is 0. The summed E-state index contributed by atoms with van der Waals surface area (Å²) in [4.78, 5) is 14.7. The van der Waals surface area contributed by atoms with Gasteiger partial charge in [0.25, 0.3) is 0 Å². The van der Waals surface area contributed by atoms with Crippen molar-refractivity contribution in [2.24, 2.45) is 0 Å². The second-order valence-electron chi connectivity index (χ2n) is 4.49. The van der Waals surface area contributed by atoms with Crippen molar-refractivity contribution in [1.29, 1.82) is 0 Å². The number of hydrogen-bond donors (Lipinski definition) is 1. The average Bonchev–Trinajstić information content (AvgIpc) is 2.76. The van der Waals surface area contributed by atoms with E-state index in [0.717, 1.165) is 5.56 Å². The molecule has 0 spiro atoms.